The van der Waals surface area contributed by atoms with Crippen LogP contribution < -0.4 is 20.1 Å². The molecule has 12 heteroatoms. The highest BCUT2D eigenvalue weighted by Crippen LogP contribution is 2.27. The fourth-order valence-corrected chi connectivity index (χ4v) is 4.05. The van der Waals surface area contributed by atoms with Crippen molar-refractivity contribution in [3.8, 4) is 11.5 Å². The summed E-state index contributed by atoms with van der Waals surface area (Å²) in [6.45, 7) is 0. The Bertz CT molecular complexity index is 1090. The van der Waals surface area contributed by atoms with Crippen LogP contribution >= 0.6 is 34.7 Å². The van der Waals surface area contributed by atoms with Gasteiger partial charge in [-0.3, -0.25) is 14.9 Å². The molecule has 0 saturated heterocycles. The average molecular weight is 483 g/mol. The zero-order valence-corrected chi connectivity index (χ0v) is 18.7. The van der Waals surface area contributed by atoms with Gasteiger partial charge in [0.2, 0.25) is 11.0 Å². The number of hydrogen-bond acceptors (Lipinski definition) is 8. The molecule has 0 aliphatic carbocycles. The van der Waals surface area contributed by atoms with E-state index in [1.165, 1.54) is 32.4 Å². The van der Waals surface area contributed by atoms with E-state index in [0.717, 1.165) is 23.1 Å². The van der Waals surface area contributed by atoms with Crippen molar-refractivity contribution in [3.63, 3.8) is 0 Å². The number of benzene rings is 2. The first-order valence-corrected chi connectivity index (χ1v) is 10.8. The van der Waals surface area contributed by atoms with Gasteiger partial charge in [-0.05, 0) is 30.3 Å². The van der Waals surface area contributed by atoms with Crippen LogP contribution in [-0.4, -0.2) is 42.0 Å². The van der Waals surface area contributed by atoms with Gasteiger partial charge < -0.3 is 14.8 Å². The van der Waals surface area contributed by atoms with E-state index in [0.29, 0.717) is 27.1 Å². The number of thioether (sulfide) groups is 1. The number of nitrogens with zero attached hydrogens (tertiary/aromatic N) is 2. The normalized spacial score (nSPS) is 10.5. The molecule has 31 heavy (non-hydrogen) atoms. The minimum atomic E-state index is -0.565. The van der Waals surface area contributed by atoms with E-state index in [4.69, 9.17) is 21.1 Å². The maximum Gasteiger partial charge on any atom is 0.257 e. The Labute approximate surface area is 190 Å². The summed E-state index contributed by atoms with van der Waals surface area (Å²) in [5, 5.41) is 13.3. The first-order valence-electron chi connectivity index (χ1n) is 8.63. The molecule has 0 radical (unpaired) electrons. The number of carbonyl (C=O) groups is 2. The average Bonchev–Trinajstić information content (AvgIpc) is 3.21. The number of amides is 2. The van der Waals surface area contributed by atoms with Crippen LogP contribution in [0.15, 0.2) is 40.7 Å². The maximum atomic E-state index is 13.2. The molecular weight excluding hydrogens is 467 g/mol. The number of rotatable bonds is 8. The Balaban J connectivity index is 1.56. The number of hydrogen-bond donors (Lipinski definition) is 2. The summed E-state index contributed by atoms with van der Waals surface area (Å²) in [5.41, 5.74) is 0.717. The lowest BCUT2D eigenvalue weighted by atomic mass is 10.2. The molecule has 0 bridgehead atoms. The van der Waals surface area contributed by atoms with Crippen molar-refractivity contribution in [1.82, 2.24) is 10.2 Å². The number of halogens is 2. The van der Waals surface area contributed by atoms with E-state index in [-0.39, 0.29) is 21.8 Å². The van der Waals surface area contributed by atoms with E-state index in [9.17, 15) is 14.0 Å². The lowest BCUT2D eigenvalue weighted by Crippen LogP contribution is -2.13. The SMILES string of the molecule is COc1cc(OC)cc(C(=O)Nc2nnc(SCC(=O)Nc3ccc(F)c(Cl)c3)s2)c1. The van der Waals surface area contributed by atoms with Gasteiger partial charge >= 0.3 is 0 Å². The molecule has 2 amide bonds. The molecule has 0 aliphatic rings. The minimum Gasteiger partial charge on any atom is -0.497 e. The third-order valence-electron chi connectivity index (χ3n) is 3.77. The van der Waals surface area contributed by atoms with Gasteiger partial charge in [0, 0.05) is 17.3 Å². The topological polar surface area (TPSA) is 102 Å². The zero-order chi connectivity index (χ0) is 22.4. The Kier molecular flexibility index (Phi) is 7.66. The standard InChI is InChI=1S/C19H16ClFN4O4S2/c1-28-12-5-10(6-13(8-12)29-2)17(27)23-18-24-25-19(31-18)30-9-16(26)22-11-3-4-15(21)14(20)7-11/h3-8H,9H2,1-2H3,(H,22,26)(H,23,24,27). The molecule has 1 aromatic heterocycles. The predicted octanol–water partition coefficient (Wildman–Crippen LogP) is 4.33. The molecule has 0 aliphatic heterocycles. The van der Waals surface area contributed by atoms with Crippen LogP contribution in [-0.2, 0) is 4.79 Å². The number of anilines is 2. The van der Waals surface area contributed by atoms with Gasteiger partial charge in [-0.15, -0.1) is 10.2 Å². The van der Waals surface area contributed by atoms with Crippen LogP contribution in [0.25, 0.3) is 0 Å². The van der Waals surface area contributed by atoms with Crippen LogP contribution in [0.2, 0.25) is 5.02 Å². The van der Waals surface area contributed by atoms with Crippen LogP contribution in [0.5, 0.6) is 11.5 Å². The molecule has 3 aromatic rings. The van der Waals surface area contributed by atoms with Crippen molar-refractivity contribution in [2.75, 3.05) is 30.6 Å². The number of aromatic nitrogens is 2. The van der Waals surface area contributed by atoms with Crippen molar-refractivity contribution in [2.45, 2.75) is 4.34 Å². The number of nitrogens with one attached hydrogen (secondary N) is 2. The molecule has 8 nitrogen and oxygen atoms in total. The van der Waals surface area contributed by atoms with E-state index < -0.39 is 11.7 Å². The summed E-state index contributed by atoms with van der Waals surface area (Å²) in [5.74, 6) is -0.291. The van der Waals surface area contributed by atoms with Gasteiger partial charge in [0.25, 0.3) is 5.91 Å². The second-order valence-corrected chi connectivity index (χ2v) is 8.50. The lowest BCUT2D eigenvalue weighted by Gasteiger charge is -2.07. The molecule has 0 spiro atoms. The summed E-state index contributed by atoms with van der Waals surface area (Å²) >= 11 is 7.97. The first kappa shape index (κ1) is 22.8. The molecular formula is C19H16ClFN4O4S2. The highest BCUT2D eigenvalue weighted by Gasteiger charge is 2.14. The number of carbonyl (C=O) groups excluding carboxylic acids is 2. The fourth-order valence-electron chi connectivity index (χ4n) is 2.32. The van der Waals surface area contributed by atoms with Gasteiger partial charge in [-0.25, -0.2) is 4.39 Å². The van der Waals surface area contributed by atoms with Crippen LogP contribution in [0.1, 0.15) is 10.4 Å². The maximum absolute atomic E-state index is 13.2. The van der Waals surface area contributed by atoms with Gasteiger partial charge in [-0.1, -0.05) is 34.7 Å². The molecule has 0 atom stereocenters. The number of ether oxygens (including phenoxy) is 2. The largest absolute Gasteiger partial charge is 0.497 e. The molecule has 1 heterocycles. The van der Waals surface area contributed by atoms with Gasteiger partial charge in [0.1, 0.15) is 17.3 Å². The first-order chi connectivity index (χ1) is 14.9. The lowest BCUT2D eigenvalue weighted by molar-refractivity contribution is -0.113. The third kappa shape index (κ3) is 6.29. The van der Waals surface area contributed by atoms with E-state index in [2.05, 4.69) is 20.8 Å². The molecule has 162 valence electrons. The molecule has 2 aromatic carbocycles. The molecule has 0 saturated carbocycles. The monoisotopic (exact) mass is 482 g/mol. The van der Waals surface area contributed by atoms with Crippen molar-refractivity contribution in [2.24, 2.45) is 0 Å². The van der Waals surface area contributed by atoms with Crippen LogP contribution in [0, 0.1) is 5.82 Å². The Hall–Kier alpha value is -2.89. The molecule has 3 rings (SSSR count). The zero-order valence-electron chi connectivity index (χ0n) is 16.3. The molecule has 0 fully saturated rings. The van der Waals surface area contributed by atoms with E-state index in [1.807, 2.05) is 0 Å². The Morgan fingerprint density at radius 2 is 1.81 bits per heavy atom. The Morgan fingerprint density at radius 1 is 1.10 bits per heavy atom. The van der Waals surface area contributed by atoms with Crippen molar-refractivity contribution < 1.29 is 23.5 Å². The van der Waals surface area contributed by atoms with E-state index in [1.54, 1.807) is 18.2 Å². The number of methoxy groups -OCH3 is 2. The van der Waals surface area contributed by atoms with Gasteiger partial charge in [0.05, 0.1) is 25.0 Å². The fraction of sp³-hybridized carbons (Fsp3) is 0.158. The van der Waals surface area contributed by atoms with Gasteiger partial charge in [-0.2, -0.15) is 0 Å². The third-order valence-corrected chi connectivity index (χ3v) is 6.03. The summed E-state index contributed by atoms with van der Waals surface area (Å²) in [7, 11) is 2.98. The minimum absolute atomic E-state index is 0.0463. The highest BCUT2D eigenvalue weighted by atomic mass is 35.5. The molecule has 2 N–H and O–H groups in total. The second-order valence-electron chi connectivity index (χ2n) is 5.89. The quantitative estimate of drug-likeness (QED) is 0.364. The molecule has 0 unspecified atom stereocenters. The second kappa shape index (κ2) is 10.4. The van der Waals surface area contributed by atoms with Crippen molar-refractivity contribution in [3.05, 3.63) is 52.8 Å². The summed E-state index contributed by atoms with van der Waals surface area (Å²) in [6, 6.07) is 8.70. The smallest absolute Gasteiger partial charge is 0.257 e. The van der Waals surface area contributed by atoms with Gasteiger partial charge in [0.15, 0.2) is 4.34 Å². The highest BCUT2D eigenvalue weighted by molar-refractivity contribution is 8.01. The van der Waals surface area contributed by atoms with Crippen molar-refractivity contribution >= 4 is 57.3 Å². The summed E-state index contributed by atoms with van der Waals surface area (Å²) < 4.78 is 24.0. The predicted molar refractivity (Wildman–Crippen MR) is 118 cm³/mol. The summed E-state index contributed by atoms with van der Waals surface area (Å²) in [4.78, 5) is 24.6. The van der Waals surface area contributed by atoms with Crippen LogP contribution in [0.3, 0.4) is 0 Å². The van der Waals surface area contributed by atoms with E-state index >= 15 is 0 Å². The van der Waals surface area contributed by atoms with Crippen LogP contribution in [0.4, 0.5) is 15.2 Å². The Morgan fingerprint density at radius 3 is 2.45 bits per heavy atom. The van der Waals surface area contributed by atoms with Crippen molar-refractivity contribution in [1.29, 1.82) is 0 Å². The summed E-state index contributed by atoms with van der Waals surface area (Å²) in [6.07, 6.45) is 0.